The Morgan fingerprint density at radius 1 is 1.54 bits per heavy atom. The molecule has 1 saturated heterocycles. The van der Waals surface area contributed by atoms with Crippen LogP contribution in [0, 0.1) is 11.2 Å². The maximum atomic E-state index is 14.5. The molecule has 1 atom stereocenters. The van der Waals surface area contributed by atoms with Crippen molar-refractivity contribution in [3.63, 3.8) is 0 Å². The second-order valence-electron chi connectivity index (χ2n) is 5.58. The molecule has 0 aliphatic carbocycles. The number of nitrogens with one attached hydrogen (secondary N) is 3. The molecule has 1 aromatic carbocycles. The summed E-state index contributed by atoms with van der Waals surface area (Å²) in [5.74, 6) is -0.846. The molecule has 0 saturated carbocycles. The van der Waals surface area contributed by atoms with E-state index in [1.807, 2.05) is 0 Å². The zero-order valence-electron chi connectivity index (χ0n) is 14.2. The number of nitrogens with zero attached hydrogens (tertiary/aromatic N) is 2. The van der Waals surface area contributed by atoms with Crippen LogP contribution in [0.1, 0.15) is 6.92 Å². The maximum Gasteiger partial charge on any atom is 0.414 e. The quantitative estimate of drug-likeness (QED) is 0.254. The highest BCUT2D eigenvalue weighted by Gasteiger charge is 2.32. The average Bonchev–Trinajstić information content (AvgIpc) is 2.98. The lowest BCUT2D eigenvalue weighted by atomic mass is 10.2. The summed E-state index contributed by atoms with van der Waals surface area (Å²) in [4.78, 5) is 35.8. The smallest absolute Gasteiger partial charge is 0.414 e. The first-order valence-electron chi connectivity index (χ1n) is 7.92. The molecule has 1 fully saturated rings. The minimum Gasteiger partial charge on any atom is -0.442 e. The van der Waals surface area contributed by atoms with Crippen LogP contribution >= 0.6 is 0 Å². The third kappa shape index (κ3) is 4.68. The van der Waals surface area contributed by atoms with Crippen LogP contribution in [0.4, 0.5) is 20.6 Å². The summed E-state index contributed by atoms with van der Waals surface area (Å²) < 4.78 is 19.6. The lowest BCUT2D eigenvalue weighted by molar-refractivity contribution is -0.119. The molecule has 0 unspecified atom stereocenters. The second-order valence-corrected chi connectivity index (χ2v) is 5.58. The van der Waals surface area contributed by atoms with Gasteiger partial charge in [0.05, 0.1) is 30.8 Å². The molecule has 0 spiro atoms. The number of ether oxygens (including phenoxy) is 1. The Morgan fingerprint density at radius 3 is 2.92 bits per heavy atom. The summed E-state index contributed by atoms with van der Waals surface area (Å²) in [6.45, 7) is 2.22. The molecule has 1 heterocycles. The molecule has 10 heteroatoms. The summed E-state index contributed by atoms with van der Waals surface area (Å²) >= 11 is 0. The number of carbonyl (C=O) groups is 3. The molecule has 1 aliphatic rings. The fourth-order valence-corrected chi connectivity index (χ4v) is 2.49. The van der Waals surface area contributed by atoms with Crippen molar-refractivity contribution in [2.45, 2.75) is 13.0 Å². The molecule has 3 N–H and O–H groups in total. The maximum absolute atomic E-state index is 14.5. The van der Waals surface area contributed by atoms with Gasteiger partial charge in [-0.05, 0) is 18.2 Å². The predicted molar refractivity (Wildman–Crippen MR) is 92.9 cm³/mol. The second kappa shape index (κ2) is 8.79. The van der Waals surface area contributed by atoms with E-state index in [-0.39, 0.29) is 37.8 Å². The van der Waals surface area contributed by atoms with E-state index in [4.69, 9.17) is 10.1 Å². The van der Waals surface area contributed by atoms with Crippen molar-refractivity contribution < 1.29 is 23.5 Å². The molecule has 1 aliphatic heterocycles. The molecule has 3 amide bonds. The van der Waals surface area contributed by atoms with Gasteiger partial charge < -0.3 is 20.3 Å². The number of rotatable bonds is 9. The van der Waals surface area contributed by atoms with Gasteiger partial charge in [0.15, 0.2) is 0 Å². The number of carbonyl (C=O) groups excluding carboxylic acids is 3. The van der Waals surface area contributed by atoms with Crippen molar-refractivity contribution >= 4 is 36.1 Å². The summed E-state index contributed by atoms with van der Waals surface area (Å²) in [6.07, 6.45) is 0.351. The van der Waals surface area contributed by atoms with Crippen LogP contribution in [0.25, 0.3) is 0 Å². The van der Waals surface area contributed by atoms with Crippen LogP contribution in [0.5, 0.6) is 0 Å². The fraction of sp³-hybridized carbons (Fsp3) is 0.375. The van der Waals surface area contributed by atoms with Crippen molar-refractivity contribution in [1.29, 1.82) is 5.41 Å². The standard InChI is InChI=1S/C16H20FN5O4/c1-11(24)20-7-13-8-22(16(25)26-13)12-2-3-15(14(17)6-12)21(9-18)5-4-19-10-23/h2-3,6,9-10,13,18H,4-5,7-8H2,1H3,(H,19,23)(H,20,24)/t13-/m0/s1. The number of anilines is 2. The Hall–Kier alpha value is -3.17. The van der Waals surface area contributed by atoms with Gasteiger partial charge in [0.25, 0.3) is 0 Å². The van der Waals surface area contributed by atoms with Gasteiger partial charge in [-0.15, -0.1) is 0 Å². The zero-order chi connectivity index (χ0) is 19.1. The summed E-state index contributed by atoms with van der Waals surface area (Å²) in [7, 11) is 0. The van der Waals surface area contributed by atoms with Gasteiger partial charge in [0, 0.05) is 20.0 Å². The van der Waals surface area contributed by atoms with Gasteiger partial charge in [-0.25, -0.2) is 9.18 Å². The average molecular weight is 365 g/mol. The van der Waals surface area contributed by atoms with E-state index in [9.17, 15) is 18.8 Å². The molecule has 2 rings (SSSR count). The minimum absolute atomic E-state index is 0.152. The molecular formula is C16H20FN5O4. The van der Waals surface area contributed by atoms with E-state index in [2.05, 4.69) is 10.6 Å². The number of hydrogen-bond acceptors (Lipinski definition) is 5. The Balaban J connectivity index is 2.08. The van der Waals surface area contributed by atoms with Crippen LogP contribution < -0.4 is 20.4 Å². The van der Waals surface area contributed by atoms with Crippen molar-refractivity contribution in [2.24, 2.45) is 0 Å². The summed E-state index contributed by atoms with van der Waals surface area (Å²) in [5, 5.41) is 12.4. The van der Waals surface area contributed by atoms with Crippen LogP contribution in [0.3, 0.4) is 0 Å². The monoisotopic (exact) mass is 365 g/mol. The van der Waals surface area contributed by atoms with E-state index in [1.165, 1.54) is 28.9 Å². The van der Waals surface area contributed by atoms with E-state index < -0.39 is 18.0 Å². The highest BCUT2D eigenvalue weighted by atomic mass is 19.1. The number of cyclic esters (lactones) is 1. The highest BCUT2D eigenvalue weighted by Crippen LogP contribution is 2.27. The van der Waals surface area contributed by atoms with Crippen molar-refractivity contribution in [1.82, 2.24) is 10.6 Å². The lowest BCUT2D eigenvalue weighted by Crippen LogP contribution is -2.33. The molecule has 1 aromatic rings. The molecule has 0 bridgehead atoms. The number of benzene rings is 1. The van der Waals surface area contributed by atoms with Gasteiger partial charge in [0.1, 0.15) is 11.9 Å². The van der Waals surface area contributed by atoms with Crippen molar-refractivity contribution in [3.8, 4) is 0 Å². The summed E-state index contributed by atoms with van der Waals surface area (Å²) in [6, 6.07) is 4.18. The predicted octanol–water partition coefficient (Wildman–Crippen LogP) is 0.446. The first-order valence-corrected chi connectivity index (χ1v) is 7.92. The lowest BCUT2D eigenvalue weighted by Gasteiger charge is -2.21. The van der Waals surface area contributed by atoms with E-state index in [0.717, 1.165) is 6.34 Å². The number of hydrogen-bond donors (Lipinski definition) is 3. The van der Waals surface area contributed by atoms with Crippen LogP contribution in [0.15, 0.2) is 18.2 Å². The fourth-order valence-electron chi connectivity index (χ4n) is 2.49. The van der Waals surface area contributed by atoms with Crippen molar-refractivity contribution in [2.75, 3.05) is 36.0 Å². The third-order valence-corrected chi connectivity index (χ3v) is 3.74. The molecular weight excluding hydrogens is 345 g/mol. The van der Waals surface area contributed by atoms with Gasteiger partial charge in [-0.3, -0.25) is 19.9 Å². The third-order valence-electron chi connectivity index (χ3n) is 3.74. The Labute approximate surface area is 149 Å². The normalized spacial score (nSPS) is 16.0. The topological polar surface area (TPSA) is 115 Å². The van der Waals surface area contributed by atoms with E-state index >= 15 is 0 Å². The van der Waals surface area contributed by atoms with Crippen LogP contribution in [0.2, 0.25) is 0 Å². The van der Waals surface area contributed by atoms with Crippen molar-refractivity contribution in [3.05, 3.63) is 24.0 Å². The molecule has 0 radical (unpaired) electrons. The SMILES string of the molecule is CC(=O)NC[C@H]1CN(c2ccc(N(C=N)CCNC=O)c(F)c2)C(=O)O1. The largest absolute Gasteiger partial charge is 0.442 e. The number of amides is 3. The Bertz CT molecular complexity index is 699. The van der Waals surface area contributed by atoms with Gasteiger partial charge in [0.2, 0.25) is 12.3 Å². The first kappa shape index (κ1) is 19.2. The van der Waals surface area contributed by atoms with Crippen LogP contribution in [-0.4, -0.2) is 57.0 Å². The van der Waals surface area contributed by atoms with Gasteiger partial charge >= 0.3 is 6.09 Å². The number of halogens is 1. The highest BCUT2D eigenvalue weighted by molar-refractivity contribution is 5.90. The zero-order valence-corrected chi connectivity index (χ0v) is 14.2. The van der Waals surface area contributed by atoms with Gasteiger partial charge in [-0.2, -0.15) is 0 Å². The Kier molecular flexibility index (Phi) is 6.48. The van der Waals surface area contributed by atoms with Gasteiger partial charge in [-0.1, -0.05) is 0 Å². The van der Waals surface area contributed by atoms with E-state index in [0.29, 0.717) is 12.1 Å². The molecule has 0 aromatic heterocycles. The van der Waals surface area contributed by atoms with E-state index in [1.54, 1.807) is 6.07 Å². The minimum atomic E-state index is -0.619. The Morgan fingerprint density at radius 2 is 2.31 bits per heavy atom. The summed E-state index contributed by atoms with van der Waals surface area (Å²) in [5.41, 5.74) is 0.469. The molecule has 140 valence electrons. The first-order chi connectivity index (χ1) is 12.5. The molecule has 9 nitrogen and oxygen atoms in total. The molecule has 26 heavy (non-hydrogen) atoms. The van der Waals surface area contributed by atoms with Crippen LogP contribution in [-0.2, 0) is 14.3 Å².